The van der Waals surface area contributed by atoms with Gasteiger partial charge in [-0.25, -0.2) is 0 Å². The zero-order chi connectivity index (χ0) is 8.97. The fraction of sp³-hybridized carbons (Fsp3) is 0.625. The molecule has 68 valence electrons. The fourth-order valence-corrected chi connectivity index (χ4v) is 1.20. The Bertz CT molecular complexity index is 181. The second kappa shape index (κ2) is 4.23. The molecule has 1 heterocycles. The van der Waals surface area contributed by atoms with Gasteiger partial charge in [0.15, 0.2) is 0 Å². The Morgan fingerprint density at radius 1 is 1.83 bits per heavy atom. The first-order valence-corrected chi connectivity index (χ1v) is 3.88. The molecule has 1 N–H and O–H groups in total. The summed E-state index contributed by atoms with van der Waals surface area (Å²) >= 11 is 0. The van der Waals surface area contributed by atoms with Gasteiger partial charge in [0.05, 0.1) is 19.3 Å². The highest BCUT2D eigenvalue weighted by atomic mass is 16.5. The Morgan fingerprint density at radius 2 is 2.58 bits per heavy atom. The summed E-state index contributed by atoms with van der Waals surface area (Å²) in [4.78, 5) is 12.8. The third-order valence-electron chi connectivity index (χ3n) is 1.83. The molecule has 1 rings (SSSR count). The predicted octanol–water partition coefficient (Wildman–Crippen LogP) is -0.608. The number of morpholine rings is 1. The summed E-state index contributed by atoms with van der Waals surface area (Å²) in [6.07, 6.45) is 1.64. The zero-order valence-electron chi connectivity index (χ0n) is 6.90. The molecule has 1 saturated heterocycles. The highest BCUT2D eigenvalue weighted by Gasteiger charge is 2.26. The van der Waals surface area contributed by atoms with Crippen molar-refractivity contribution in [2.45, 2.75) is 6.04 Å². The van der Waals surface area contributed by atoms with E-state index in [0.29, 0.717) is 13.2 Å². The molecule has 1 amide bonds. The van der Waals surface area contributed by atoms with E-state index in [1.54, 1.807) is 11.0 Å². The van der Waals surface area contributed by atoms with Crippen molar-refractivity contribution in [3.63, 3.8) is 0 Å². The summed E-state index contributed by atoms with van der Waals surface area (Å²) in [5.74, 6) is -0.0831. The van der Waals surface area contributed by atoms with Crippen molar-refractivity contribution in [1.82, 2.24) is 4.90 Å². The van der Waals surface area contributed by atoms with Gasteiger partial charge in [-0.2, -0.15) is 0 Å². The quantitative estimate of drug-likeness (QED) is 0.576. The lowest BCUT2D eigenvalue weighted by Crippen LogP contribution is -2.51. The molecule has 0 radical (unpaired) electrons. The van der Waals surface area contributed by atoms with Crippen LogP contribution in [0.3, 0.4) is 0 Å². The smallest absolute Gasteiger partial charge is 0.249 e. The first kappa shape index (κ1) is 9.22. The van der Waals surface area contributed by atoms with Crippen LogP contribution in [0.2, 0.25) is 0 Å². The number of aliphatic hydroxyl groups is 1. The van der Waals surface area contributed by atoms with Crippen molar-refractivity contribution in [2.24, 2.45) is 0 Å². The number of rotatable bonds is 3. The fourth-order valence-electron chi connectivity index (χ4n) is 1.20. The molecule has 0 aliphatic carbocycles. The highest BCUT2D eigenvalue weighted by Crippen LogP contribution is 2.06. The maximum atomic E-state index is 11.2. The zero-order valence-corrected chi connectivity index (χ0v) is 6.90. The van der Waals surface area contributed by atoms with E-state index in [0.717, 1.165) is 0 Å². The predicted molar refractivity (Wildman–Crippen MR) is 43.6 cm³/mol. The molecule has 1 aliphatic rings. The Balaban J connectivity index is 2.58. The van der Waals surface area contributed by atoms with Crippen LogP contribution >= 0.6 is 0 Å². The van der Waals surface area contributed by atoms with Crippen LogP contribution in [0.5, 0.6) is 0 Å². The average molecular weight is 171 g/mol. The van der Waals surface area contributed by atoms with Gasteiger partial charge in [-0.15, -0.1) is 6.58 Å². The first-order chi connectivity index (χ1) is 5.79. The summed E-state index contributed by atoms with van der Waals surface area (Å²) in [6, 6.07) is -0.204. The van der Waals surface area contributed by atoms with Gasteiger partial charge in [0.1, 0.15) is 6.61 Å². The molecular weight excluding hydrogens is 158 g/mol. The Labute approximate surface area is 71.4 Å². The summed E-state index contributed by atoms with van der Waals surface area (Å²) in [7, 11) is 0. The molecule has 0 saturated carbocycles. The average Bonchev–Trinajstić information content (AvgIpc) is 2.09. The summed E-state index contributed by atoms with van der Waals surface area (Å²) in [6.45, 7) is 4.49. The van der Waals surface area contributed by atoms with Crippen LogP contribution in [-0.4, -0.2) is 48.3 Å². The maximum Gasteiger partial charge on any atom is 0.249 e. The number of nitrogens with zero attached hydrogens (tertiary/aromatic N) is 1. The molecule has 1 atom stereocenters. The normalized spacial score (nSPS) is 24.2. The number of hydrogen-bond donors (Lipinski definition) is 1. The minimum Gasteiger partial charge on any atom is -0.394 e. The summed E-state index contributed by atoms with van der Waals surface area (Å²) < 4.78 is 4.98. The molecule has 1 fully saturated rings. The Kier molecular flexibility index (Phi) is 3.25. The largest absolute Gasteiger partial charge is 0.394 e. The minimum absolute atomic E-state index is 0.0560. The molecule has 0 bridgehead atoms. The van der Waals surface area contributed by atoms with Crippen LogP contribution in [-0.2, 0) is 9.53 Å². The summed E-state index contributed by atoms with van der Waals surface area (Å²) in [5.41, 5.74) is 0. The molecular formula is C8H13NO3. The third kappa shape index (κ3) is 1.84. The molecule has 1 unspecified atom stereocenters. The van der Waals surface area contributed by atoms with Crippen LogP contribution in [0.4, 0.5) is 0 Å². The molecule has 0 aromatic heterocycles. The van der Waals surface area contributed by atoms with Crippen molar-refractivity contribution in [1.29, 1.82) is 0 Å². The van der Waals surface area contributed by atoms with Crippen molar-refractivity contribution < 1.29 is 14.6 Å². The number of hydrogen-bond acceptors (Lipinski definition) is 3. The summed E-state index contributed by atoms with van der Waals surface area (Å²) in [5, 5.41) is 8.90. The van der Waals surface area contributed by atoms with Gasteiger partial charge in [-0.1, -0.05) is 6.08 Å². The van der Waals surface area contributed by atoms with Crippen molar-refractivity contribution in [2.75, 3.05) is 26.4 Å². The van der Waals surface area contributed by atoms with Crippen molar-refractivity contribution in [3.05, 3.63) is 12.7 Å². The van der Waals surface area contributed by atoms with Crippen LogP contribution in [0.15, 0.2) is 12.7 Å². The van der Waals surface area contributed by atoms with Gasteiger partial charge in [-0.3, -0.25) is 4.79 Å². The number of carbonyl (C=O) groups is 1. The van der Waals surface area contributed by atoms with E-state index in [4.69, 9.17) is 9.84 Å². The molecule has 0 aromatic carbocycles. The lowest BCUT2D eigenvalue weighted by molar-refractivity contribution is -0.148. The molecule has 0 spiro atoms. The molecule has 4 heteroatoms. The molecule has 4 nitrogen and oxygen atoms in total. The molecule has 12 heavy (non-hydrogen) atoms. The van der Waals surface area contributed by atoms with Gasteiger partial charge >= 0.3 is 0 Å². The molecule has 1 aliphatic heterocycles. The van der Waals surface area contributed by atoms with Crippen LogP contribution in [0.25, 0.3) is 0 Å². The number of ether oxygens (including phenoxy) is 1. The lowest BCUT2D eigenvalue weighted by atomic mass is 10.2. The first-order valence-electron chi connectivity index (χ1n) is 3.88. The minimum atomic E-state index is -0.204. The topological polar surface area (TPSA) is 49.8 Å². The van der Waals surface area contributed by atoms with E-state index in [-0.39, 0.29) is 25.2 Å². The number of aliphatic hydroxyl groups excluding tert-OH is 1. The Hall–Kier alpha value is -0.870. The SMILES string of the molecule is C=CCN1C(=O)COCC1CO. The second-order valence-electron chi connectivity index (χ2n) is 2.69. The maximum absolute atomic E-state index is 11.2. The van der Waals surface area contributed by atoms with Gasteiger partial charge < -0.3 is 14.7 Å². The van der Waals surface area contributed by atoms with Crippen molar-refractivity contribution in [3.8, 4) is 0 Å². The van der Waals surface area contributed by atoms with Crippen molar-refractivity contribution >= 4 is 5.91 Å². The third-order valence-corrected chi connectivity index (χ3v) is 1.83. The monoisotopic (exact) mass is 171 g/mol. The van der Waals surface area contributed by atoms with Crippen LogP contribution in [0.1, 0.15) is 0 Å². The van der Waals surface area contributed by atoms with E-state index >= 15 is 0 Å². The highest BCUT2D eigenvalue weighted by molar-refractivity contribution is 5.78. The van der Waals surface area contributed by atoms with E-state index in [2.05, 4.69) is 6.58 Å². The van der Waals surface area contributed by atoms with E-state index < -0.39 is 0 Å². The van der Waals surface area contributed by atoms with Gasteiger partial charge in [0, 0.05) is 6.54 Å². The van der Waals surface area contributed by atoms with Gasteiger partial charge in [-0.05, 0) is 0 Å². The number of carbonyl (C=O) groups excluding carboxylic acids is 1. The standard InChI is InChI=1S/C8H13NO3/c1-2-3-9-7(4-10)5-12-6-8(9)11/h2,7,10H,1,3-6H2. The Morgan fingerprint density at radius 3 is 3.17 bits per heavy atom. The number of amides is 1. The van der Waals surface area contributed by atoms with Crippen LogP contribution < -0.4 is 0 Å². The second-order valence-corrected chi connectivity index (χ2v) is 2.69. The lowest BCUT2D eigenvalue weighted by Gasteiger charge is -2.33. The molecule has 0 aromatic rings. The van der Waals surface area contributed by atoms with E-state index in [9.17, 15) is 4.79 Å². The van der Waals surface area contributed by atoms with Gasteiger partial charge in [0.2, 0.25) is 5.91 Å². The van der Waals surface area contributed by atoms with Gasteiger partial charge in [0.25, 0.3) is 0 Å². The van der Waals surface area contributed by atoms with Crippen LogP contribution in [0, 0.1) is 0 Å². The van der Waals surface area contributed by atoms with E-state index in [1.165, 1.54) is 0 Å². The van der Waals surface area contributed by atoms with E-state index in [1.807, 2.05) is 0 Å².